The van der Waals surface area contributed by atoms with Gasteiger partial charge >= 0.3 is 11.9 Å². The highest BCUT2D eigenvalue weighted by Gasteiger charge is 2.29. The van der Waals surface area contributed by atoms with Gasteiger partial charge in [-0.15, -0.1) is 0 Å². The molecule has 1 saturated heterocycles. The van der Waals surface area contributed by atoms with Crippen LogP contribution < -0.4 is 9.62 Å². The molecule has 1 aliphatic rings. The Morgan fingerprint density at radius 2 is 1.82 bits per heavy atom. The van der Waals surface area contributed by atoms with Gasteiger partial charge in [0.05, 0.1) is 28.7 Å². The minimum atomic E-state index is -3.90. The summed E-state index contributed by atoms with van der Waals surface area (Å²) in [6, 6.07) is 11.1. The molecule has 0 radical (unpaired) electrons. The van der Waals surface area contributed by atoms with E-state index in [0.717, 1.165) is 12.0 Å². The standard InChI is InChI=1S/C25H32N2O6S/c1-5-33-24(30)17-7-6-14-27(16-17)22-13-10-19(15-21(22)23(28)29)26-34(31,32)20-11-8-18(9-12-20)25(2,3)4/h8-13,15,17,26H,5-7,14,16H2,1-4H3,(H,28,29). The number of carboxylic acid groups (broad SMARTS) is 1. The molecule has 2 aromatic carbocycles. The van der Waals surface area contributed by atoms with Gasteiger partial charge in [0.1, 0.15) is 0 Å². The number of ether oxygens (including phenoxy) is 1. The average Bonchev–Trinajstić information content (AvgIpc) is 2.78. The number of anilines is 2. The van der Waals surface area contributed by atoms with Gasteiger partial charge in [0, 0.05) is 18.8 Å². The Hall–Kier alpha value is -3.07. The van der Waals surface area contributed by atoms with Gasteiger partial charge in [-0.05, 0) is 61.1 Å². The third kappa shape index (κ3) is 5.88. The van der Waals surface area contributed by atoms with Crippen LogP contribution in [0.15, 0.2) is 47.4 Å². The molecule has 0 aromatic heterocycles. The Labute approximate surface area is 201 Å². The number of carbonyl (C=O) groups is 2. The van der Waals surface area contributed by atoms with Gasteiger partial charge in [-0.25, -0.2) is 13.2 Å². The summed E-state index contributed by atoms with van der Waals surface area (Å²) in [4.78, 5) is 26.1. The van der Waals surface area contributed by atoms with E-state index in [1.165, 1.54) is 12.1 Å². The normalized spacial score (nSPS) is 16.7. The highest BCUT2D eigenvalue weighted by molar-refractivity contribution is 7.92. The van der Waals surface area contributed by atoms with Crippen molar-refractivity contribution in [2.75, 3.05) is 29.3 Å². The molecule has 2 N–H and O–H groups in total. The quantitative estimate of drug-likeness (QED) is 0.560. The number of hydrogen-bond acceptors (Lipinski definition) is 6. The van der Waals surface area contributed by atoms with E-state index < -0.39 is 16.0 Å². The highest BCUT2D eigenvalue weighted by atomic mass is 32.2. The number of nitrogens with one attached hydrogen (secondary N) is 1. The van der Waals surface area contributed by atoms with Crippen LogP contribution in [0.5, 0.6) is 0 Å². The number of rotatable bonds is 7. The minimum Gasteiger partial charge on any atom is -0.478 e. The maximum Gasteiger partial charge on any atom is 0.337 e. The average molecular weight is 489 g/mol. The highest BCUT2D eigenvalue weighted by Crippen LogP contribution is 2.30. The molecule has 0 saturated carbocycles. The van der Waals surface area contributed by atoms with Crippen LogP contribution >= 0.6 is 0 Å². The molecule has 1 fully saturated rings. The van der Waals surface area contributed by atoms with E-state index in [1.54, 1.807) is 37.3 Å². The van der Waals surface area contributed by atoms with Crippen molar-refractivity contribution in [2.45, 2.75) is 50.8 Å². The van der Waals surface area contributed by atoms with E-state index in [0.29, 0.717) is 31.8 Å². The van der Waals surface area contributed by atoms with E-state index in [9.17, 15) is 23.1 Å². The van der Waals surface area contributed by atoms with Crippen molar-refractivity contribution in [2.24, 2.45) is 5.92 Å². The largest absolute Gasteiger partial charge is 0.478 e. The molecule has 1 heterocycles. The van der Waals surface area contributed by atoms with Gasteiger partial charge < -0.3 is 14.7 Å². The molecule has 0 bridgehead atoms. The molecule has 0 spiro atoms. The number of sulfonamides is 1. The Bertz CT molecular complexity index is 1150. The monoisotopic (exact) mass is 488 g/mol. The SMILES string of the molecule is CCOC(=O)C1CCCN(c2ccc(NS(=O)(=O)c3ccc(C(C)(C)C)cc3)cc2C(=O)O)C1. The van der Waals surface area contributed by atoms with Crippen LogP contribution in [0.25, 0.3) is 0 Å². The first-order valence-corrected chi connectivity index (χ1v) is 12.8. The zero-order chi connectivity index (χ0) is 25.1. The molecular weight excluding hydrogens is 456 g/mol. The van der Waals surface area contributed by atoms with Gasteiger partial charge in [-0.1, -0.05) is 32.9 Å². The number of nitrogens with zero attached hydrogens (tertiary/aromatic N) is 1. The number of benzene rings is 2. The van der Waals surface area contributed by atoms with E-state index in [4.69, 9.17) is 4.74 Å². The lowest BCUT2D eigenvalue weighted by Crippen LogP contribution is -2.40. The number of piperidine rings is 1. The van der Waals surface area contributed by atoms with Crippen LogP contribution in [0.1, 0.15) is 56.5 Å². The summed E-state index contributed by atoms with van der Waals surface area (Å²) in [6.45, 7) is 9.12. The first kappa shape index (κ1) is 25.6. The molecule has 0 amide bonds. The first-order chi connectivity index (χ1) is 15.9. The zero-order valence-corrected chi connectivity index (χ0v) is 20.8. The molecule has 8 nitrogen and oxygen atoms in total. The van der Waals surface area contributed by atoms with Gasteiger partial charge in [0.2, 0.25) is 0 Å². The van der Waals surface area contributed by atoms with Crippen LogP contribution in [0.4, 0.5) is 11.4 Å². The maximum absolute atomic E-state index is 12.9. The topological polar surface area (TPSA) is 113 Å². The summed E-state index contributed by atoms with van der Waals surface area (Å²) in [6.07, 6.45) is 1.41. The predicted octanol–water partition coefficient (Wildman–Crippen LogP) is 4.26. The Balaban J connectivity index is 1.84. The summed E-state index contributed by atoms with van der Waals surface area (Å²) in [7, 11) is -3.90. The van der Waals surface area contributed by atoms with E-state index in [1.807, 2.05) is 25.7 Å². The summed E-state index contributed by atoms with van der Waals surface area (Å²) < 4.78 is 33.4. The molecule has 184 valence electrons. The second-order valence-electron chi connectivity index (χ2n) is 9.45. The summed E-state index contributed by atoms with van der Waals surface area (Å²) in [5.41, 5.74) is 1.46. The second-order valence-corrected chi connectivity index (χ2v) is 11.1. The predicted molar refractivity (Wildman–Crippen MR) is 131 cm³/mol. The molecule has 1 atom stereocenters. The van der Waals surface area contributed by atoms with Crippen molar-refractivity contribution in [3.63, 3.8) is 0 Å². The van der Waals surface area contributed by atoms with Gasteiger partial charge in [0.15, 0.2) is 0 Å². The number of carbonyl (C=O) groups excluding carboxylic acids is 1. The molecule has 1 aliphatic heterocycles. The fourth-order valence-electron chi connectivity index (χ4n) is 4.04. The summed E-state index contributed by atoms with van der Waals surface area (Å²) in [5, 5.41) is 9.81. The first-order valence-electron chi connectivity index (χ1n) is 11.3. The lowest BCUT2D eigenvalue weighted by Gasteiger charge is -2.34. The molecule has 0 aliphatic carbocycles. The Morgan fingerprint density at radius 3 is 2.41 bits per heavy atom. The molecule has 2 aromatic rings. The third-order valence-electron chi connectivity index (χ3n) is 5.89. The van der Waals surface area contributed by atoms with Crippen LogP contribution in [-0.4, -0.2) is 45.2 Å². The van der Waals surface area contributed by atoms with E-state index >= 15 is 0 Å². The van der Waals surface area contributed by atoms with E-state index in [2.05, 4.69) is 4.72 Å². The van der Waals surface area contributed by atoms with Crippen molar-refractivity contribution in [3.05, 3.63) is 53.6 Å². The summed E-state index contributed by atoms with van der Waals surface area (Å²) >= 11 is 0. The van der Waals surface area contributed by atoms with Crippen molar-refractivity contribution in [1.82, 2.24) is 0 Å². The van der Waals surface area contributed by atoms with Crippen LogP contribution in [0.3, 0.4) is 0 Å². The number of esters is 1. The lowest BCUT2D eigenvalue weighted by molar-refractivity contribution is -0.148. The summed E-state index contributed by atoms with van der Waals surface area (Å²) in [5.74, 6) is -1.79. The van der Waals surface area contributed by atoms with Crippen LogP contribution in [0, 0.1) is 5.92 Å². The van der Waals surface area contributed by atoms with Gasteiger partial charge in [-0.2, -0.15) is 0 Å². The fraction of sp³-hybridized carbons (Fsp3) is 0.440. The van der Waals surface area contributed by atoms with Crippen LogP contribution in [-0.2, 0) is 25.0 Å². The molecule has 34 heavy (non-hydrogen) atoms. The molecule has 9 heteroatoms. The van der Waals surface area contributed by atoms with E-state index in [-0.39, 0.29) is 33.4 Å². The fourth-order valence-corrected chi connectivity index (χ4v) is 5.09. The van der Waals surface area contributed by atoms with Crippen LogP contribution in [0.2, 0.25) is 0 Å². The minimum absolute atomic E-state index is 0.0345. The number of carboxylic acids is 1. The second kappa shape index (κ2) is 10.0. The zero-order valence-electron chi connectivity index (χ0n) is 20.0. The smallest absolute Gasteiger partial charge is 0.337 e. The third-order valence-corrected chi connectivity index (χ3v) is 7.29. The van der Waals surface area contributed by atoms with Crippen molar-refractivity contribution in [1.29, 1.82) is 0 Å². The molecular formula is C25H32N2O6S. The van der Waals surface area contributed by atoms with Crippen molar-refractivity contribution in [3.8, 4) is 0 Å². The Kier molecular flexibility index (Phi) is 7.55. The maximum atomic E-state index is 12.9. The molecule has 3 rings (SSSR count). The lowest BCUT2D eigenvalue weighted by atomic mass is 9.87. The van der Waals surface area contributed by atoms with Crippen molar-refractivity contribution >= 4 is 33.3 Å². The van der Waals surface area contributed by atoms with Crippen molar-refractivity contribution < 1.29 is 27.9 Å². The number of hydrogen-bond donors (Lipinski definition) is 2. The molecule has 1 unspecified atom stereocenters. The number of aromatic carboxylic acids is 1. The van der Waals surface area contributed by atoms with Gasteiger partial charge in [0.25, 0.3) is 10.0 Å². The van der Waals surface area contributed by atoms with Gasteiger partial charge in [-0.3, -0.25) is 9.52 Å². The Morgan fingerprint density at radius 1 is 1.15 bits per heavy atom.